The summed E-state index contributed by atoms with van der Waals surface area (Å²) in [4.78, 5) is 5.13. The van der Waals surface area contributed by atoms with E-state index in [2.05, 4.69) is 21.3 Å². The first-order valence-electron chi connectivity index (χ1n) is 10.7. The van der Waals surface area contributed by atoms with Crippen LogP contribution in [0.25, 0.3) is 33.7 Å². The summed E-state index contributed by atoms with van der Waals surface area (Å²) < 4.78 is 43.7. The smallest absolute Gasteiger partial charge is 0.366 e. The number of alkyl halides is 3. The Kier molecular flexibility index (Phi) is 5.68. The van der Waals surface area contributed by atoms with Crippen LogP contribution in [0.2, 0.25) is 0 Å². The van der Waals surface area contributed by atoms with Gasteiger partial charge in [-0.15, -0.1) is 16.9 Å². The molecule has 5 aromatic rings. The average Bonchev–Trinajstić information content (AvgIpc) is 3.48. The number of anilines is 1. The third-order valence-electron chi connectivity index (χ3n) is 5.84. The first-order chi connectivity index (χ1) is 17.2. The maximum Gasteiger partial charge on any atom is 0.416 e. The van der Waals surface area contributed by atoms with Gasteiger partial charge in [0.05, 0.1) is 34.8 Å². The van der Waals surface area contributed by atoms with E-state index in [4.69, 9.17) is 5.73 Å². The molecule has 11 heteroatoms. The van der Waals surface area contributed by atoms with Crippen LogP contribution in [-0.2, 0) is 6.18 Å². The van der Waals surface area contributed by atoms with Crippen LogP contribution in [0, 0.1) is 18.3 Å². The van der Waals surface area contributed by atoms with Gasteiger partial charge >= 0.3 is 6.18 Å². The number of halogens is 3. The quantitative estimate of drug-likeness (QED) is 0.312. The second-order valence-electron chi connectivity index (χ2n) is 7.99. The molecule has 0 amide bonds. The molecule has 36 heavy (non-hydrogen) atoms. The highest BCUT2D eigenvalue weighted by atomic mass is 32.2. The number of nitrogen functional groups attached to an aromatic ring is 1. The number of pyridine rings is 1. The number of thioether (sulfide) groups is 1. The third-order valence-corrected chi connectivity index (χ3v) is 6.60. The molecular formula is C25H18F3N7S. The Bertz CT molecular complexity index is 1660. The van der Waals surface area contributed by atoms with Gasteiger partial charge in [0.1, 0.15) is 0 Å². The Morgan fingerprint density at radius 3 is 2.64 bits per heavy atom. The number of fused-ring (bicyclic) bond motifs is 1. The molecule has 0 aliphatic heterocycles. The van der Waals surface area contributed by atoms with Gasteiger partial charge in [-0.3, -0.25) is 0 Å². The number of benzene rings is 2. The predicted octanol–water partition coefficient (Wildman–Crippen LogP) is 5.75. The van der Waals surface area contributed by atoms with Gasteiger partial charge in [0.25, 0.3) is 0 Å². The highest BCUT2D eigenvalue weighted by Crippen LogP contribution is 2.38. The molecular weight excluding hydrogens is 487 g/mol. The number of nitrogens with zero attached hydrogens (tertiary/aromatic N) is 6. The Morgan fingerprint density at radius 2 is 1.92 bits per heavy atom. The Morgan fingerprint density at radius 1 is 1.11 bits per heavy atom. The highest BCUT2D eigenvalue weighted by Gasteiger charge is 2.31. The molecule has 0 saturated carbocycles. The fraction of sp³-hybridized carbons (Fsp3) is 0.120. The molecule has 3 heterocycles. The average molecular weight is 506 g/mol. The molecule has 0 aliphatic carbocycles. The van der Waals surface area contributed by atoms with Crippen molar-refractivity contribution in [2.75, 3.05) is 12.0 Å². The lowest BCUT2D eigenvalue weighted by atomic mass is 9.95. The first kappa shape index (κ1) is 23.4. The van der Waals surface area contributed by atoms with Crippen LogP contribution in [-0.4, -0.2) is 30.6 Å². The van der Waals surface area contributed by atoms with E-state index in [1.807, 2.05) is 25.3 Å². The highest BCUT2D eigenvalue weighted by molar-refractivity contribution is 7.98. The van der Waals surface area contributed by atoms with Gasteiger partial charge in [-0.25, -0.2) is 9.20 Å². The van der Waals surface area contributed by atoms with E-state index < -0.39 is 11.7 Å². The number of aromatic nitrogens is 5. The molecule has 0 spiro atoms. The molecule has 7 nitrogen and oxygen atoms in total. The molecule has 2 N–H and O–H groups in total. The summed E-state index contributed by atoms with van der Waals surface area (Å²) in [6, 6.07) is 14.4. The lowest BCUT2D eigenvalue weighted by molar-refractivity contribution is -0.137. The van der Waals surface area contributed by atoms with Gasteiger partial charge in [-0.05, 0) is 60.7 Å². The minimum Gasteiger partial charge on any atom is -0.366 e. The topological polar surface area (TPSA) is 97.8 Å². The van der Waals surface area contributed by atoms with Crippen LogP contribution in [0.4, 0.5) is 19.1 Å². The second-order valence-corrected chi connectivity index (χ2v) is 8.83. The van der Waals surface area contributed by atoms with E-state index in [-0.39, 0.29) is 5.95 Å². The first-order valence-corrected chi connectivity index (χ1v) is 11.9. The van der Waals surface area contributed by atoms with Crippen molar-refractivity contribution in [3.05, 3.63) is 77.6 Å². The van der Waals surface area contributed by atoms with Crippen molar-refractivity contribution in [3.8, 4) is 34.1 Å². The van der Waals surface area contributed by atoms with Gasteiger partial charge < -0.3 is 5.73 Å². The molecule has 0 saturated heterocycles. The predicted molar refractivity (Wildman–Crippen MR) is 132 cm³/mol. The van der Waals surface area contributed by atoms with Crippen LogP contribution < -0.4 is 5.73 Å². The van der Waals surface area contributed by atoms with E-state index in [1.54, 1.807) is 35.3 Å². The fourth-order valence-corrected chi connectivity index (χ4v) is 4.81. The van der Waals surface area contributed by atoms with Crippen LogP contribution >= 0.6 is 11.8 Å². The molecule has 0 radical (unpaired) electrons. The van der Waals surface area contributed by atoms with Gasteiger partial charge in [0.15, 0.2) is 5.65 Å². The lowest BCUT2D eigenvalue weighted by Gasteiger charge is -2.17. The molecule has 180 valence electrons. The molecule has 0 atom stereocenters. The maximum atomic E-state index is 13.5. The fourth-order valence-electron chi connectivity index (χ4n) is 4.20. The van der Waals surface area contributed by atoms with Crippen LogP contribution in [0.1, 0.15) is 16.7 Å². The van der Waals surface area contributed by atoms with Crippen LogP contribution in [0.5, 0.6) is 0 Å². The minimum atomic E-state index is -4.49. The van der Waals surface area contributed by atoms with Gasteiger partial charge in [-0.1, -0.05) is 12.1 Å². The summed E-state index contributed by atoms with van der Waals surface area (Å²) in [6.07, 6.45) is 0.791. The van der Waals surface area contributed by atoms with Crippen molar-refractivity contribution in [3.63, 3.8) is 0 Å². The molecule has 0 fully saturated rings. The molecule has 0 aliphatic rings. The summed E-state index contributed by atoms with van der Waals surface area (Å²) in [5.41, 5.74) is 9.65. The SMILES string of the molecule is CSc1cc(C#N)ccc1-n1nccc1-c1cn2nc(N)nc2c(-c2cccc(C(F)(F)F)c2)c1C. The van der Waals surface area contributed by atoms with Gasteiger partial charge in [0, 0.05) is 22.2 Å². The van der Waals surface area contributed by atoms with Crippen molar-refractivity contribution in [2.24, 2.45) is 0 Å². The maximum absolute atomic E-state index is 13.5. The number of rotatable bonds is 4. The van der Waals surface area contributed by atoms with E-state index >= 15 is 0 Å². The summed E-state index contributed by atoms with van der Waals surface area (Å²) >= 11 is 1.48. The third kappa shape index (κ3) is 3.95. The van der Waals surface area contributed by atoms with Gasteiger partial charge in [0.2, 0.25) is 5.95 Å². The van der Waals surface area contributed by atoms with Crippen molar-refractivity contribution < 1.29 is 13.2 Å². The van der Waals surface area contributed by atoms with E-state index in [1.165, 1.54) is 22.3 Å². The zero-order valence-electron chi connectivity index (χ0n) is 19.1. The summed E-state index contributed by atoms with van der Waals surface area (Å²) in [5.74, 6) is 0.00467. The van der Waals surface area contributed by atoms with Crippen molar-refractivity contribution >= 4 is 23.4 Å². The standard InChI is InChI=1S/C25H18F3N7S/c1-14-18(19-8-9-31-35(19)20-7-6-15(12-29)10-21(20)36-2)13-34-23(32-24(30)33-34)22(14)16-4-3-5-17(11-16)25(26,27)28/h3-11,13H,1-2H3,(H2,30,33). The largest absolute Gasteiger partial charge is 0.416 e. The van der Waals surface area contributed by atoms with Crippen LogP contribution in [0.3, 0.4) is 0 Å². The van der Waals surface area contributed by atoms with E-state index in [9.17, 15) is 18.4 Å². The van der Waals surface area contributed by atoms with E-state index in [0.29, 0.717) is 39.2 Å². The van der Waals surface area contributed by atoms with Gasteiger partial charge in [-0.2, -0.15) is 28.5 Å². The molecule has 0 bridgehead atoms. The number of hydrogen-bond acceptors (Lipinski definition) is 6. The molecule has 0 unspecified atom stereocenters. The molecule has 3 aromatic heterocycles. The zero-order chi connectivity index (χ0) is 25.6. The number of hydrogen-bond donors (Lipinski definition) is 1. The molecule has 2 aromatic carbocycles. The summed E-state index contributed by atoms with van der Waals surface area (Å²) in [7, 11) is 0. The summed E-state index contributed by atoms with van der Waals surface area (Å²) in [6.45, 7) is 1.82. The number of nitriles is 1. The monoisotopic (exact) mass is 505 g/mol. The Balaban J connectivity index is 1.77. The van der Waals surface area contributed by atoms with Crippen molar-refractivity contribution in [2.45, 2.75) is 18.0 Å². The Labute approximate surface area is 208 Å². The van der Waals surface area contributed by atoms with Crippen molar-refractivity contribution in [1.29, 1.82) is 5.26 Å². The molecule has 5 rings (SSSR count). The zero-order valence-corrected chi connectivity index (χ0v) is 19.9. The second kappa shape index (κ2) is 8.73. The number of nitrogens with two attached hydrogens (primary N) is 1. The minimum absolute atomic E-state index is 0.00467. The van der Waals surface area contributed by atoms with E-state index in [0.717, 1.165) is 22.7 Å². The normalized spacial score (nSPS) is 11.7. The Hall–Kier alpha value is -4.30. The van der Waals surface area contributed by atoms with Crippen molar-refractivity contribution in [1.82, 2.24) is 24.4 Å². The summed E-state index contributed by atoms with van der Waals surface area (Å²) in [5, 5.41) is 18.0. The lowest BCUT2D eigenvalue weighted by Crippen LogP contribution is -2.06. The van der Waals surface area contributed by atoms with Crippen LogP contribution in [0.15, 0.2) is 65.8 Å².